The average Bonchev–Trinajstić information content (AvgIpc) is 2.75. The van der Waals surface area contributed by atoms with E-state index in [0.717, 1.165) is 0 Å². The normalized spacial score (nSPS) is 10.2. The van der Waals surface area contributed by atoms with Crippen LogP contribution in [-0.2, 0) is 4.79 Å². The number of rotatable bonds is 10. The zero-order valence-corrected chi connectivity index (χ0v) is 18.9. The van der Waals surface area contributed by atoms with Crippen molar-refractivity contribution in [1.82, 2.24) is 10.9 Å². The molecule has 2 aromatic carbocycles. The van der Waals surface area contributed by atoms with Gasteiger partial charge in [-0.2, -0.15) is 0 Å². The SMILES string of the molecule is CCOc1cc(C(=O)NNC(=O)COc2ccc(Cl)c(Cl)c2)cc(OCC)c1OCC. The molecule has 0 aliphatic rings. The number of benzene rings is 2. The van der Waals surface area contributed by atoms with Crippen LogP contribution < -0.4 is 29.8 Å². The Balaban J connectivity index is 2.02. The van der Waals surface area contributed by atoms with Crippen molar-refractivity contribution in [1.29, 1.82) is 0 Å². The fourth-order valence-corrected chi connectivity index (χ4v) is 2.76. The third-order valence-electron chi connectivity index (χ3n) is 3.75. The third kappa shape index (κ3) is 7.11. The number of hydrogen-bond donors (Lipinski definition) is 2. The number of amides is 2. The van der Waals surface area contributed by atoms with Gasteiger partial charge in [0.25, 0.3) is 11.8 Å². The Morgan fingerprint density at radius 1 is 0.806 bits per heavy atom. The minimum Gasteiger partial charge on any atom is -0.490 e. The smallest absolute Gasteiger partial charge is 0.276 e. The molecule has 0 bridgehead atoms. The van der Waals surface area contributed by atoms with Crippen molar-refractivity contribution in [3.05, 3.63) is 45.9 Å². The summed E-state index contributed by atoms with van der Waals surface area (Å²) in [6.07, 6.45) is 0. The van der Waals surface area contributed by atoms with Crippen molar-refractivity contribution in [2.45, 2.75) is 20.8 Å². The van der Waals surface area contributed by atoms with Crippen molar-refractivity contribution in [3.8, 4) is 23.0 Å². The molecule has 0 heterocycles. The van der Waals surface area contributed by atoms with E-state index >= 15 is 0 Å². The first kappa shape index (κ1) is 24.4. The fraction of sp³-hybridized carbons (Fsp3) is 0.333. The fourth-order valence-electron chi connectivity index (χ4n) is 2.47. The minimum absolute atomic E-state index is 0.223. The molecule has 0 radical (unpaired) electrons. The highest BCUT2D eigenvalue weighted by atomic mass is 35.5. The summed E-state index contributed by atoms with van der Waals surface area (Å²) in [6.45, 7) is 6.28. The predicted molar refractivity (Wildman–Crippen MR) is 118 cm³/mol. The van der Waals surface area contributed by atoms with Gasteiger partial charge in [0.05, 0.1) is 29.9 Å². The minimum atomic E-state index is -0.569. The maximum absolute atomic E-state index is 12.5. The molecule has 168 valence electrons. The zero-order chi connectivity index (χ0) is 22.8. The van der Waals surface area contributed by atoms with E-state index in [-0.39, 0.29) is 12.2 Å². The monoisotopic (exact) mass is 470 g/mol. The lowest BCUT2D eigenvalue weighted by Gasteiger charge is -2.17. The highest BCUT2D eigenvalue weighted by Gasteiger charge is 2.18. The van der Waals surface area contributed by atoms with E-state index in [4.69, 9.17) is 42.1 Å². The summed E-state index contributed by atoms with van der Waals surface area (Å²) in [6, 6.07) is 7.65. The summed E-state index contributed by atoms with van der Waals surface area (Å²) in [7, 11) is 0. The van der Waals surface area contributed by atoms with Crippen molar-refractivity contribution in [2.75, 3.05) is 26.4 Å². The lowest BCUT2D eigenvalue weighted by molar-refractivity contribution is -0.123. The van der Waals surface area contributed by atoms with Gasteiger partial charge in [0, 0.05) is 11.6 Å². The molecule has 0 atom stereocenters. The van der Waals surface area contributed by atoms with E-state index in [1.807, 2.05) is 20.8 Å². The molecule has 2 rings (SSSR count). The van der Waals surface area contributed by atoms with E-state index in [2.05, 4.69) is 10.9 Å². The van der Waals surface area contributed by atoms with Gasteiger partial charge in [-0.3, -0.25) is 20.4 Å². The Morgan fingerprint density at radius 3 is 1.97 bits per heavy atom. The first-order valence-corrected chi connectivity index (χ1v) is 10.4. The molecule has 2 N–H and O–H groups in total. The summed E-state index contributed by atoms with van der Waals surface area (Å²) >= 11 is 11.7. The summed E-state index contributed by atoms with van der Waals surface area (Å²) in [4.78, 5) is 24.5. The molecule has 31 heavy (non-hydrogen) atoms. The molecule has 10 heteroatoms. The van der Waals surface area contributed by atoms with Crippen LogP contribution in [0, 0.1) is 0 Å². The Labute approximate surface area is 190 Å². The van der Waals surface area contributed by atoms with Crippen molar-refractivity contribution >= 4 is 35.0 Å². The quantitative estimate of drug-likeness (QED) is 0.509. The Hall–Kier alpha value is -2.84. The molecule has 2 aromatic rings. The van der Waals surface area contributed by atoms with Gasteiger partial charge in [-0.15, -0.1) is 0 Å². The van der Waals surface area contributed by atoms with Gasteiger partial charge in [0.1, 0.15) is 5.75 Å². The predicted octanol–water partition coefficient (Wildman–Crippen LogP) is 4.03. The summed E-state index contributed by atoms with van der Waals surface area (Å²) in [5.41, 5.74) is 4.84. The second-order valence-corrected chi connectivity index (χ2v) is 6.78. The van der Waals surface area contributed by atoms with Crippen LogP contribution in [0.3, 0.4) is 0 Å². The lowest BCUT2D eigenvalue weighted by atomic mass is 10.1. The van der Waals surface area contributed by atoms with E-state index in [1.165, 1.54) is 18.2 Å². The Kier molecular flexibility index (Phi) is 9.55. The van der Waals surface area contributed by atoms with Crippen LogP contribution in [0.2, 0.25) is 10.0 Å². The molecule has 8 nitrogen and oxygen atoms in total. The van der Waals surface area contributed by atoms with Gasteiger partial charge in [-0.05, 0) is 45.0 Å². The van der Waals surface area contributed by atoms with Gasteiger partial charge in [0.2, 0.25) is 5.75 Å². The number of halogens is 2. The molecule has 0 aliphatic heterocycles. The molecular weight excluding hydrogens is 447 g/mol. The van der Waals surface area contributed by atoms with Gasteiger partial charge in [-0.1, -0.05) is 23.2 Å². The van der Waals surface area contributed by atoms with Crippen LogP contribution in [0.15, 0.2) is 30.3 Å². The number of hydrazine groups is 1. The summed E-state index contributed by atoms with van der Waals surface area (Å²) < 4.78 is 22.1. The van der Waals surface area contributed by atoms with Crippen LogP contribution in [0.1, 0.15) is 31.1 Å². The molecule has 0 aromatic heterocycles. The molecule has 0 fully saturated rings. The van der Waals surface area contributed by atoms with Crippen LogP contribution >= 0.6 is 23.2 Å². The van der Waals surface area contributed by atoms with Gasteiger partial charge in [-0.25, -0.2) is 0 Å². The first-order chi connectivity index (χ1) is 14.9. The second kappa shape index (κ2) is 12.1. The first-order valence-electron chi connectivity index (χ1n) is 9.63. The van der Waals surface area contributed by atoms with Crippen LogP contribution in [0.25, 0.3) is 0 Å². The maximum Gasteiger partial charge on any atom is 0.276 e. The standard InChI is InChI=1S/C21H24Cl2N2O6/c1-4-28-17-9-13(10-18(29-5-2)20(17)30-6-3)21(27)25-24-19(26)12-31-14-7-8-15(22)16(23)11-14/h7-11H,4-6,12H2,1-3H3,(H,24,26)(H,25,27). The molecule has 0 saturated heterocycles. The summed E-state index contributed by atoms with van der Waals surface area (Å²) in [5, 5.41) is 0.678. The second-order valence-electron chi connectivity index (χ2n) is 5.97. The Morgan fingerprint density at radius 2 is 1.42 bits per heavy atom. The molecule has 0 unspecified atom stereocenters. The van der Waals surface area contributed by atoms with E-state index in [0.29, 0.717) is 52.9 Å². The molecule has 0 aliphatic carbocycles. The van der Waals surface area contributed by atoms with Crippen LogP contribution in [-0.4, -0.2) is 38.2 Å². The maximum atomic E-state index is 12.5. The highest BCUT2D eigenvalue weighted by molar-refractivity contribution is 6.42. The topological polar surface area (TPSA) is 95.1 Å². The molecule has 0 spiro atoms. The van der Waals surface area contributed by atoms with Crippen LogP contribution in [0.5, 0.6) is 23.0 Å². The van der Waals surface area contributed by atoms with Crippen molar-refractivity contribution < 1.29 is 28.5 Å². The largest absolute Gasteiger partial charge is 0.490 e. The Bertz CT molecular complexity index is 896. The van der Waals surface area contributed by atoms with E-state index in [9.17, 15) is 9.59 Å². The molecular formula is C21H24Cl2N2O6. The highest BCUT2D eigenvalue weighted by Crippen LogP contribution is 2.39. The number of nitrogens with one attached hydrogen (secondary N) is 2. The van der Waals surface area contributed by atoms with Gasteiger partial charge in [0.15, 0.2) is 18.1 Å². The van der Waals surface area contributed by atoms with Crippen molar-refractivity contribution in [2.24, 2.45) is 0 Å². The number of carbonyl (C=O) groups is 2. The van der Waals surface area contributed by atoms with Gasteiger partial charge >= 0.3 is 0 Å². The molecule has 0 saturated carbocycles. The average molecular weight is 471 g/mol. The van der Waals surface area contributed by atoms with E-state index in [1.54, 1.807) is 12.1 Å². The number of carbonyl (C=O) groups excluding carboxylic acids is 2. The third-order valence-corrected chi connectivity index (χ3v) is 4.49. The number of ether oxygens (including phenoxy) is 4. The zero-order valence-electron chi connectivity index (χ0n) is 17.4. The molecule has 2 amide bonds. The van der Waals surface area contributed by atoms with Crippen LogP contribution in [0.4, 0.5) is 0 Å². The summed E-state index contributed by atoms with van der Waals surface area (Å²) in [5.74, 6) is 0.393. The van der Waals surface area contributed by atoms with Gasteiger partial charge < -0.3 is 18.9 Å². The van der Waals surface area contributed by atoms with E-state index < -0.39 is 11.8 Å². The lowest BCUT2D eigenvalue weighted by Crippen LogP contribution is -2.43. The van der Waals surface area contributed by atoms with Crippen molar-refractivity contribution in [3.63, 3.8) is 0 Å². The number of hydrogen-bond acceptors (Lipinski definition) is 6.